The maximum absolute atomic E-state index is 11.8. The van der Waals surface area contributed by atoms with Crippen LogP contribution in [0, 0.1) is 6.92 Å². The predicted octanol–water partition coefficient (Wildman–Crippen LogP) is 3.68. The zero-order valence-corrected chi connectivity index (χ0v) is 12.2. The van der Waals surface area contributed by atoms with Gasteiger partial charge in [-0.3, -0.25) is 4.79 Å². The third-order valence-corrected chi connectivity index (χ3v) is 4.08. The normalized spacial score (nSPS) is 10.4. The smallest absolute Gasteiger partial charge is 0.224 e. The van der Waals surface area contributed by atoms with Gasteiger partial charge in [0.1, 0.15) is 5.76 Å². The minimum Gasteiger partial charge on any atom is -0.468 e. The number of thioether (sulfide) groups is 1. The van der Waals surface area contributed by atoms with Crippen molar-refractivity contribution in [3.05, 3.63) is 42.4 Å². The Balaban J connectivity index is 1.71. The highest BCUT2D eigenvalue weighted by Crippen LogP contribution is 2.24. The fourth-order valence-corrected chi connectivity index (χ4v) is 2.67. The summed E-state index contributed by atoms with van der Waals surface area (Å²) in [5.41, 5.74) is 7.04. The third kappa shape index (κ3) is 4.06. The molecule has 0 radical (unpaired) electrons. The Morgan fingerprint density at radius 3 is 2.85 bits per heavy atom. The Kier molecular flexibility index (Phi) is 5.12. The number of nitrogens with two attached hydrogens (primary N) is 1. The predicted molar refractivity (Wildman–Crippen MR) is 82.9 cm³/mol. The number of rotatable bonds is 6. The number of carbonyl (C=O) groups is 1. The van der Waals surface area contributed by atoms with Crippen molar-refractivity contribution in [2.75, 3.05) is 16.8 Å². The van der Waals surface area contributed by atoms with Gasteiger partial charge in [-0.05, 0) is 37.3 Å². The molecule has 5 heteroatoms. The molecule has 106 valence electrons. The highest BCUT2D eigenvalue weighted by molar-refractivity contribution is 7.99. The molecule has 1 aromatic carbocycles. The lowest BCUT2D eigenvalue weighted by Crippen LogP contribution is -2.12. The fourth-order valence-electron chi connectivity index (χ4n) is 1.76. The van der Waals surface area contributed by atoms with Gasteiger partial charge >= 0.3 is 0 Å². The van der Waals surface area contributed by atoms with Crippen molar-refractivity contribution in [1.29, 1.82) is 0 Å². The van der Waals surface area contributed by atoms with Gasteiger partial charge in [-0.1, -0.05) is 12.1 Å². The molecule has 1 aromatic heterocycles. The Labute approximate surface area is 122 Å². The third-order valence-electron chi connectivity index (χ3n) is 2.85. The standard InChI is InChI=1S/C15H18N2O2S/c1-11-14(8-9-19-11)20-10-4-7-15(18)17-13-6-3-2-5-12(13)16/h2-3,5-6,8-9H,4,7,10,16H2,1H3,(H,17,18). The highest BCUT2D eigenvalue weighted by atomic mass is 32.2. The quantitative estimate of drug-likeness (QED) is 0.484. The molecule has 0 bridgehead atoms. The van der Waals surface area contributed by atoms with Crippen molar-refractivity contribution >= 4 is 29.0 Å². The summed E-state index contributed by atoms with van der Waals surface area (Å²) in [6, 6.07) is 9.22. The van der Waals surface area contributed by atoms with E-state index in [1.54, 1.807) is 30.2 Å². The number of para-hydroxylation sites is 2. The van der Waals surface area contributed by atoms with Gasteiger partial charge < -0.3 is 15.5 Å². The van der Waals surface area contributed by atoms with Crippen LogP contribution in [0.25, 0.3) is 0 Å². The van der Waals surface area contributed by atoms with Crippen LogP contribution in [0.4, 0.5) is 11.4 Å². The number of furan rings is 1. The first-order valence-electron chi connectivity index (χ1n) is 6.48. The molecule has 0 spiro atoms. The first kappa shape index (κ1) is 14.5. The van der Waals surface area contributed by atoms with Crippen LogP contribution >= 0.6 is 11.8 Å². The molecule has 4 nitrogen and oxygen atoms in total. The molecule has 1 heterocycles. The van der Waals surface area contributed by atoms with Crippen molar-refractivity contribution in [3.63, 3.8) is 0 Å². The van der Waals surface area contributed by atoms with E-state index in [4.69, 9.17) is 10.2 Å². The minimum atomic E-state index is -0.00702. The van der Waals surface area contributed by atoms with E-state index in [1.807, 2.05) is 25.1 Å². The van der Waals surface area contributed by atoms with E-state index in [0.29, 0.717) is 17.8 Å². The van der Waals surface area contributed by atoms with Crippen LogP contribution in [-0.2, 0) is 4.79 Å². The van der Waals surface area contributed by atoms with E-state index in [-0.39, 0.29) is 5.91 Å². The van der Waals surface area contributed by atoms with E-state index in [0.717, 1.165) is 22.8 Å². The number of aryl methyl sites for hydroxylation is 1. The SMILES string of the molecule is Cc1occc1SCCCC(=O)Nc1ccccc1N. The van der Waals surface area contributed by atoms with E-state index >= 15 is 0 Å². The number of benzene rings is 1. The lowest BCUT2D eigenvalue weighted by atomic mass is 10.2. The average molecular weight is 290 g/mol. The topological polar surface area (TPSA) is 68.3 Å². The van der Waals surface area contributed by atoms with Gasteiger partial charge in [-0.2, -0.15) is 0 Å². The molecule has 0 saturated carbocycles. The van der Waals surface area contributed by atoms with E-state index < -0.39 is 0 Å². The highest BCUT2D eigenvalue weighted by Gasteiger charge is 2.06. The van der Waals surface area contributed by atoms with Crippen LogP contribution in [0.1, 0.15) is 18.6 Å². The number of hydrogen-bond acceptors (Lipinski definition) is 4. The maximum Gasteiger partial charge on any atom is 0.224 e. The Morgan fingerprint density at radius 1 is 1.35 bits per heavy atom. The van der Waals surface area contributed by atoms with Crippen LogP contribution in [-0.4, -0.2) is 11.7 Å². The molecule has 0 atom stereocenters. The van der Waals surface area contributed by atoms with Gasteiger partial charge in [0, 0.05) is 11.3 Å². The Bertz CT molecular complexity index is 581. The van der Waals surface area contributed by atoms with Crippen molar-refractivity contribution in [2.45, 2.75) is 24.7 Å². The molecule has 20 heavy (non-hydrogen) atoms. The van der Waals surface area contributed by atoms with Crippen molar-refractivity contribution in [2.24, 2.45) is 0 Å². The molecule has 0 aliphatic rings. The van der Waals surface area contributed by atoms with Gasteiger partial charge in [0.15, 0.2) is 0 Å². The largest absolute Gasteiger partial charge is 0.468 e. The zero-order valence-electron chi connectivity index (χ0n) is 11.4. The molecule has 0 aliphatic carbocycles. The maximum atomic E-state index is 11.8. The first-order valence-corrected chi connectivity index (χ1v) is 7.46. The summed E-state index contributed by atoms with van der Waals surface area (Å²) >= 11 is 1.71. The fraction of sp³-hybridized carbons (Fsp3) is 0.267. The van der Waals surface area contributed by atoms with Crippen LogP contribution in [0.3, 0.4) is 0 Å². The molecule has 0 saturated heterocycles. The lowest BCUT2D eigenvalue weighted by Gasteiger charge is -2.07. The second kappa shape index (κ2) is 7.05. The van der Waals surface area contributed by atoms with E-state index in [2.05, 4.69) is 5.32 Å². The van der Waals surface area contributed by atoms with Crippen LogP contribution < -0.4 is 11.1 Å². The second-order valence-electron chi connectivity index (χ2n) is 4.43. The molecule has 0 aliphatic heterocycles. The van der Waals surface area contributed by atoms with Gasteiger partial charge in [0.2, 0.25) is 5.91 Å². The number of nitrogens with one attached hydrogen (secondary N) is 1. The van der Waals surface area contributed by atoms with Gasteiger partial charge in [0.25, 0.3) is 0 Å². The molecular weight excluding hydrogens is 272 g/mol. The molecule has 2 rings (SSSR count). The van der Waals surface area contributed by atoms with Gasteiger partial charge in [-0.15, -0.1) is 11.8 Å². The van der Waals surface area contributed by atoms with E-state index in [9.17, 15) is 4.79 Å². The van der Waals surface area contributed by atoms with Crippen molar-refractivity contribution in [3.8, 4) is 0 Å². The first-order chi connectivity index (χ1) is 9.66. The van der Waals surface area contributed by atoms with E-state index in [1.165, 1.54) is 0 Å². The molecular formula is C15H18N2O2S. The lowest BCUT2D eigenvalue weighted by molar-refractivity contribution is -0.116. The zero-order chi connectivity index (χ0) is 14.4. The summed E-state index contributed by atoms with van der Waals surface area (Å²) in [5.74, 6) is 1.81. The number of nitrogen functional groups attached to an aromatic ring is 1. The summed E-state index contributed by atoms with van der Waals surface area (Å²) in [6.07, 6.45) is 2.98. The summed E-state index contributed by atoms with van der Waals surface area (Å²) in [7, 11) is 0. The number of amides is 1. The summed E-state index contributed by atoms with van der Waals surface area (Å²) in [4.78, 5) is 12.9. The van der Waals surface area contributed by atoms with Gasteiger partial charge in [-0.25, -0.2) is 0 Å². The molecule has 2 aromatic rings. The number of hydrogen-bond donors (Lipinski definition) is 2. The molecule has 0 fully saturated rings. The number of anilines is 2. The van der Waals surface area contributed by atoms with Crippen LogP contribution in [0.15, 0.2) is 45.9 Å². The summed E-state index contributed by atoms with van der Waals surface area (Å²) in [6.45, 7) is 1.94. The summed E-state index contributed by atoms with van der Waals surface area (Å²) < 4.78 is 5.22. The van der Waals surface area contributed by atoms with Gasteiger partial charge in [0.05, 0.1) is 17.6 Å². The molecule has 3 N–H and O–H groups in total. The minimum absolute atomic E-state index is 0.00702. The Morgan fingerprint density at radius 2 is 2.15 bits per heavy atom. The summed E-state index contributed by atoms with van der Waals surface area (Å²) in [5, 5.41) is 2.82. The van der Waals surface area contributed by atoms with Crippen molar-refractivity contribution < 1.29 is 9.21 Å². The van der Waals surface area contributed by atoms with Crippen LogP contribution in [0.2, 0.25) is 0 Å². The Hall–Kier alpha value is -1.88. The molecule has 0 unspecified atom stereocenters. The van der Waals surface area contributed by atoms with Crippen LogP contribution in [0.5, 0.6) is 0 Å². The second-order valence-corrected chi connectivity index (χ2v) is 5.57. The molecule has 1 amide bonds. The number of carbonyl (C=O) groups excluding carboxylic acids is 1. The van der Waals surface area contributed by atoms with Crippen molar-refractivity contribution in [1.82, 2.24) is 0 Å². The monoisotopic (exact) mass is 290 g/mol. The average Bonchev–Trinajstić information content (AvgIpc) is 2.83.